The van der Waals surface area contributed by atoms with Crippen molar-refractivity contribution in [3.63, 3.8) is 0 Å². The van der Waals surface area contributed by atoms with Gasteiger partial charge in [-0.3, -0.25) is 24.2 Å². The van der Waals surface area contributed by atoms with Gasteiger partial charge in [-0.2, -0.15) is 13.2 Å². The number of fused-ring (bicyclic) bond motifs is 3. The predicted molar refractivity (Wildman–Crippen MR) is 145 cm³/mol. The molecule has 14 heteroatoms. The van der Waals surface area contributed by atoms with E-state index in [4.69, 9.17) is 42.6 Å². The van der Waals surface area contributed by atoms with Crippen molar-refractivity contribution < 1.29 is 46.9 Å². The van der Waals surface area contributed by atoms with E-state index in [1.807, 2.05) is 29.2 Å². The van der Waals surface area contributed by atoms with E-state index >= 15 is 0 Å². The number of alkyl halides is 3. The zero-order valence-electron chi connectivity index (χ0n) is 22.7. The molecule has 42 heavy (non-hydrogen) atoms. The zero-order chi connectivity index (χ0) is 31.1. The summed E-state index contributed by atoms with van der Waals surface area (Å²) < 4.78 is 42.7. The van der Waals surface area contributed by atoms with Crippen LogP contribution in [0.2, 0.25) is 10.0 Å². The molecule has 0 aromatic heterocycles. The number of nitrogens with zero attached hydrogens (tertiary/aromatic N) is 2. The maximum atomic E-state index is 13.4. The average Bonchev–Trinajstić information content (AvgIpc) is 3.39. The van der Waals surface area contributed by atoms with Gasteiger partial charge < -0.3 is 14.6 Å². The fraction of sp³-hybridized carbons (Fsp3) is 0.429. The third-order valence-electron chi connectivity index (χ3n) is 8.06. The van der Waals surface area contributed by atoms with Crippen molar-refractivity contribution >= 4 is 47.0 Å². The van der Waals surface area contributed by atoms with E-state index in [0.29, 0.717) is 28.8 Å². The highest BCUT2D eigenvalue weighted by Gasteiger charge is 2.72. The number of ether oxygens (including phenoxy) is 2. The molecule has 3 aliphatic heterocycles. The lowest BCUT2D eigenvalue weighted by Crippen LogP contribution is -2.59. The molecule has 1 N–H and O–H groups in total. The number of hydrogen-bond donors (Lipinski definition) is 1. The third kappa shape index (κ3) is 5.20. The molecule has 0 spiro atoms. The second-order valence-corrected chi connectivity index (χ2v) is 11.0. The molecule has 0 radical (unpaired) electrons. The van der Waals surface area contributed by atoms with Gasteiger partial charge in [-0.25, -0.2) is 4.79 Å². The fourth-order valence-electron chi connectivity index (χ4n) is 6.29. The van der Waals surface area contributed by atoms with Crippen LogP contribution in [0.25, 0.3) is 11.1 Å². The Morgan fingerprint density at radius 1 is 1.02 bits per heavy atom. The molecule has 2 amide bonds. The molecule has 3 saturated heterocycles. The highest BCUT2D eigenvalue weighted by Crippen LogP contribution is 2.58. The van der Waals surface area contributed by atoms with E-state index in [1.54, 1.807) is 19.2 Å². The number of likely N-dealkylation sites (tertiary alicyclic amines) is 1. The van der Waals surface area contributed by atoms with Crippen LogP contribution in [-0.4, -0.2) is 78.2 Å². The minimum atomic E-state index is -5.08. The molecule has 9 nitrogen and oxygen atoms in total. The van der Waals surface area contributed by atoms with E-state index in [2.05, 4.69) is 0 Å². The Bertz CT molecular complexity index is 1440. The average molecular weight is 631 g/mol. The molecule has 2 aromatic carbocycles. The lowest BCUT2D eigenvalue weighted by atomic mass is 9.75. The van der Waals surface area contributed by atoms with E-state index < -0.39 is 41.5 Å². The van der Waals surface area contributed by atoms with Crippen molar-refractivity contribution in [2.24, 2.45) is 11.8 Å². The van der Waals surface area contributed by atoms with Gasteiger partial charge in [0.05, 0.1) is 36.1 Å². The first-order valence-corrected chi connectivity index (χ1v) is 13.6. The number of carbonyl (C=O) groups is 4. The Hall–Kier alpha value is -3.35. The molecule has 3 aliphatic rings. The van der Waals surface area contributed by atoms with E-state index in [1.165, 1.54) is 19.1 Å². The van der Waals surface area contributed by atoms with Crippen LogP contribution in [0.15, 0.2) is 36.4 Å². The molecule has 0 bridgehead atoms. The summed E-state index contributed by atoms with van der Waals surface area (Å²) in [6, 6.07) is 10.6. The molecular weight excluding hydrogens is 604 g/mol. The Morgan fingerprint density at radius 2 is 1.69 bits per heavy atom. The number of esters is 1. The lowest BCUT2D eigenvalue weighted by molar-refractivity contribution is -0.192. The Balaban J connectivity index is 0.000000517. The van der Waals surface area contributed by atoms with Gasteiger partial charge in [0.15, 0.2) is 0 Å². The van der Waals surface area contributed by atoms with E-state index in [9.17, 15) is 27.6 Å². The number of carbonyl (C=O) groups excluding carboxylic acids is 3. The number of carboxylic acid groups (broad SMARTS) is 1. The first kappa shape index (κ1) is 31.6. The summed E-state index contributed by atoms with van der Waals surface area (Å²) in [5.41, 5.74) is 1.30. The van der Waals surface area contributed by atoms with Crippen LogP contribution < -0.4 is 4.74 Å². The molecule has 0 aliphatic carbocycles. The van der Waals surface area contributed by atoms with Crippen LogP contribution in [0.4, 0.5) is 13.2 Å². The van der Waals surface area contributed by atoms with Crippen LogP contribution in [0.5, 0.6) is 5.75 Å². The monoisotopic (exact) mass is 630 g/mol. The summed E-state index contributed by atoms with van der Waals surface area (Å²) in [6.45, 7) is 0.591. The molecule has 3 heterocycles. The summed E-state index contributed by atoms with van der Waals surface area (Å²) in [4.78, 5) is 52.0. The number of halogens is 5. The molecule has 226 valence electrons. The maximum absolute atomic E-state index is 13.4. The number of hydrogen-bond acceptors (Lipinski definition) is 7. The summed E-state index contributed by atoms with van der Waals surface area (Å²) in [6.07, 6.45) is -2.96. The lowest BCUT2D eigenvalue weighted by Gasteiger charge is -2.44. The van der Waals surface area contributed by atoms with Crippen LogP contribution >= 0.6 is 23.2 Å². The summed E-state index contributed by atoms with van der Waals surface area (Å²) in [5.74, 6) is -4.66. The Morgan fingerprint density at radius 3 is 2.26 bits per heavy atom. The number of piperidine rings is 1. The van der Waals surface area contributed by atoms with Gasteiger partial charge in [0.25, 0.3) is 0 Å². The van der Waals surface area contributed by atoms with Gasteiger partial charge >= 0.3 is 18.1 Å². The minimum absolute atomic E-state index is 0.268. The van der Waals surface area contributed by atoms with Crippen LogP contribution in [-0.2, 0) is 23.9 Å². The van der Waals surface area contributed by atoms with Crippen molar-refractivity contribution in [3.05, 3.63) is 52.0 Å². The Kier molecular flexibility index (Phi) is 8.82. The van der Waals surface area contributed by atoms with Crippen LogP contribution in [0.3, 0.4) is 0 Å². The quantitative estimate of drug-likeness (QED) is 0.371. The third-order valence-corrected chi connectivity index (χ3v) is 8.80. The van der Waals surface area contributed by atoms with Crippen molar-refractivity contribution in [2.75, 3.05) is 27.8 Å². The fourth-order valence-corrected chi connectivity index (χ4v) is 6.59. The standard InChI is InChI=1S/C26H26Cl2N2O5.C2HF3O2/c1-29-23(31)20-21(24(29)32)26(25(33)35-3)10-4-5-11-30(26)22(20)15-6-8-16(19(13-15)34-2)14-7-9-17(27)18(28)12-14;3-2(4,5)1(6)7/h6-9,12-13,20-22H,4-5,10-11H2,1-3H3;(H,6,7)/t20-,21-,22+,26-;/m0./s1. The first-order chi connectivity index (χ1) is 19.7. The van der Waals surface area contributed by atoms with Crippen molar-refractivity contribution in [1.82, 2.24) is 9.80 Å². The molecule has 4 atom stereocenters. The zero-order valence-corrected chi connectivity index (χ0v) is 24.2. The van der Waals surface area contributed by atoms with Gasteiger partial charge in [-0.1, -0.05) is 41.4 Å². The number of carboxylic acids is 1. The highest BCUT2D eigenvalue weighted by molar-refractivity contribution is 6.42. The van der Waals surface area contributed by atoms with Crippen molar-refractivity contribution in [1.29, 1.82) is 0 Å². The number of benzene rings is 2. The predicted octanol–water partition coefficient (Wildman–Crippen LogP) is 4.99. The van der Waals surface area contributed by atoms with Gasteiger partial charge in [0.1, 0.15) is 11.3 Å². The van der Waals surface area contributed by atoms with Gasteiger partial charge in [0, 0.05) is 18.7 Å². The second kappa shape index (κ2) is 11.7. The number of methoxy groups -OCH3 is 2. The number of aliphatic carboxylic acids is 1. The summed E-state index contributed by atoms with van der Waals surface area (Å²) in [5, 5.41) is 8.02. The highest BCUT2D eigenvalue weighted by atomic mass is 35.5. The minimum Gasteiger partial charge on any atom is -0.496 e. The van der Waals surface area contributed by atoms with E-state index in [0.717, 1.165) is 29.5 Å². The second-order valence-electron chi connectivity index (χ2n) is 10.1. The topological polar surface area (TPSA) is 113 Å². The van der Waals surface area contributed by atoms with Gasteiger partial charge in [-0.05, 0) is 55.1 Å². The Labute approximate surface area is 249 Å². The SMILES string of the molecule is COC(=O)[C@@]12CCCCN1[C@H](c1ccc(-c3ccc(Cl)c(Cl)c3)c(OC)c1)[C@H]1C(=O)N(C)C(=O)[C@H]12.O=C(O)C(F)(F)F. The summed E-state index contributed by atoms with van der Waals surface area (Å²) >= 11 is 12.3. The molecule has 3 fully saturated rings. The molecule has 2 aromatic rings. The van der Waals surface area contributed by atoms with Crippen LogP contribution in [0.1, 0.15) is 30.9 Å². The number of rotatable bonds is 4. The van der Waals surface area contributed by atoms with Crippen molar-refractivity contribution in [2.45, 2.75) is 37.0 Å². The van der Waals surface area contributed by atoms with Gasteiger partial charge in [-0.15, -0.1) is 0 Å². The summed E-state index contributed by atoms with van der Waals surface area (Å²) in [7, 11) is 4.41. The first-order valence-electron chi connectivity index (χ1n) is 12.8. The number of amides is 2. The normalized spacial score (nSPS) is 25.3. The van der Waals surface area contributed by atoms with Crippen LogP contribution in [0, 0.1) is 11.8 Å². The largest absolute Gasteiger partial charge is 0.496 e. The van der Waals surface area contributed by atoms with E-state index in [-0.39, 0.29) is 11.8 Å². The van der Waals surface area contributed by atoms with Gasteiger partial charge in [0.2, 0.25) is 11.8 Å². The smallest absolute Gasteiger partial charge is 0.490 e. The molecule has 0 unspecified atom stereocenters. The van der Waals surface area contributed by atoms with Crippen molar-refractivity contribution in [3.8, 4) is 16.9 Å². The molecule has 5 rings (SSSR count). The molecule has 0 saturated carbocycles. The number of imide groups is 1. The molecular formula is C28H27Cl2F3N2O7. The maximum Gasteiger partial charge on any atom is 0.490 e.